The summed E-state index contributed by atoms with van der Waals surface area (Å²) >= 11 is 0. The van der Waals surface area contributed by atoms with Gasteiger partial charge in [0.25, 0.3) is 0 Å². The van der Waals surface area contributed by atoms with E-state index in [2.05, 4.69) is 27.0 Å². The highest BCUT2D eigenvalue weighted by Gasteiger charge is 1.96. The summed E-state index contributed by atoms with van der Waals surface area (Å²) in [6.07, 6.45) is 28.7. The van der Waals surface area contributed by atoms with Gasteiger partial charge >= 0.3 is 5.97 Å². The first kappa shape index (κ1) is 30.1. The van der Waals surface area contributed by atoms with E-state index in [1.807, 2.05) is 6.08 Å². The largest absolute Gasteiger partial charge is 0.463 e. The molecular formula is C27H52O2. The Kier molecular flexibility index (Phi) is 30.3. The number of carbonyl (C=O) groups is 1. The monoisotopic (exact) mass is 408 g/mol. The summed E-state index contributed by atoms with van der Waals surface area (Å²) in [4.78, 5) is 10.8. The summed E-state index contributed by atoms with van der Waals surface area (Å²) in [6, 6.07) is 0. The van der Waals surface area contributed by atoms with Crippen LogP contribution in [0.15, 0.2) is 25.3 Å². The third-order valence-corrected chi connectivity index (χ3v) is 5.17. The van der Waals surface area contributed by atoms with Gasteiger partial charge in [0.2, 0.25) is 0 Å². The average Bonchev–Trinajstić information content (AvgIpc) is 2.74. The fourth-order valence-corrected chi connectivity index (χ4v) is 3.23. The van der Waals surface area contributed by atoms with Gasteiger partial charge < -0.3 is 4.74 Å². The van der Waals surface area contributed by atoms with Gasteiger partial charge in [-0.2, -0.15) is 0 Å². The van der Waals surface area contributed by atoms with Crippen LogP contribution in [0.5, 0.6) is 0 Å². The Hall–Kier alpha value is -1.05. The maximum Gasteiger partial charge on any atom is 0.330 e. The summed E-state index contributed by atoms with van der Waals surface area (Å²) in [7, 11) is 0. The Bertz CT molecular complexity index is 335. The predicted octanol–water partition coefficient (Wildman–Crippen LogP) is 9.34. The highest BCUT2D eigenvalue weighted by Crippen LogP contribution is 2.13. The predicted molar refractivity (Wildman–Crippen MR) is 130 cm³/mol. The number of rotatable bonds is 21. The highest BCUT2D eigenvalue weighted by atomic mass is 16.5. The first-order valence-electron chi connectivity index (χ1n) is 12.6. The minimum Gasteiger partial charge on any atom is -0.463 e. The van der Waals surface area contributed by atoms with Crippen LogP contribution in [0.3, 0.4) is 0 Å². The number of esters is 1. The first-order valence-corrected chi connectivity index (χ1v) is 12.6. The molecule has 0 bridgehead atoms. The van der Waals surface area contributed by atoms with Crippen LogP contribution >= 0.6 is 0 Å². The van der Waals surface area contributed by atoms with Crippen LogP contribution in [-0.2, 0) is 9.53 Å². The molecule has 0 saturated heterocycles. The van der Waals surface area contributed by atoms with Gasteiger partial charge in [0.1, 0.15) is 0 Å². The maximum absolute atomic E-state index is 10.8. The molecule has 0 heterocycles. The van der Waals surface area contributed by atoms with Crippen LogP contribution < -0.4 is 0 Å². The van der Waals surface area contributed by atoms with E-state index in [1.54, 1.807) is 0 Å². The molecule has 172 valence electrons. The van der Waals surface area contributed by atoms with Crippen LogP contribution in [-0.4, -0.2) is 12.6 Å². The quantitative estimate of drug-likeness (QED) is 0.0818. The van der Waals surface area contributed by atoms with Gasteiger partial charge in [0.05, 0.1) is 6.61 Å². The van der Waals surface area contributed by atoms with Crippen molar-refractivity contribution in [3.05, 3.63) is 25.3 Å². The van der Waals surface area contributed by atoms with E-state index in [0.717, 1.165) is 6.42 Å². The van der Waals surface area contributed by atoms with Crippen LogP contribution in [0.25, 0.3) is 0 Å². The summed E-state index contributed by atoms with van der Waals surface area (Å²) < 4.78 is 4.95. The molecule has 0 radical (unpaired) electrons. The molecule has 0 aromatic rings. The molecule has 0 amide bonds. The molecule has 0 spiro atoms. The Morgan fingerprint density at radius 2 is 1.00 bits per heavy atom. The SMILES string of the molecule is C=CC(=O)OCCCCCCCCCCCCCCCCCC.C=CCCCC. The van der Waals surface area contributed by atoms with Gasteiger partial charge in [-0.25, -0.2) is 4.79 Å². The van der Waals surface area contributed by atoms with Crippen molar-refractivity contribution in [1.82, 2.24) is 0 Å². The van der Waals surface area contributed by atoms with E-state index in [-0.39, 0.29) is 5.97 Å². The molecule has 2 heteroatoms. The minimum atomic E-state index is -0.300. The summed E-state index contributed by atoms with van der Waals surface area (Å²) in [5.41, 5.74) is 0. The normalized spacial score (nSPS) is 10.1. The van der Waals surface area contributed by atoms with Crippen LogP contribution in [0.2, 0.25) is 0 Å². The lowest BCUT2D eigenvalue weighted by Gasteiger charge is -2.04. The summed E-state index contributed by atoms with van der Waals surface area (Å²) in [6.45, 7) is 12.0. The number of unbranched alkanes of at least 4 members (excludes halogenated alkanes) is 17. The molecule has 0 unspecified atom stereocenters. The number of allylic oxidation sites excluding steroid dienone is 1. The zero-order chi connectivity index (χ0) is 21.8. The number of hydrogen-bond donors (Lipinski definition) is 0. The third-order valence-electron chi connectivity index (χ3n) is 5.17. The van der Waals surface area contributed by atoms with E-state index in [4.69, 9.17) is 4.74 Å². The Morgan fingerprint density at radius 1 is 0.621 bits per heavy atom. The van der Waals surface area contributed by atoms with E-state index in [1.165, 1.54) is 122 Å². The molecule has 29 heavy (non-hydrogen) atoms. The lowest BCUT2D eigenvalue weighted by molar-refractivity contribution is -0.137. The van der Waals surface area contributed by atoms with Crippen molar-refractivity contribution in [3.63, 3.8) is 0 Å². The van der Waals surface area contributed by atoms with Crippen molar-refractivity contribution in [2.24, 2.45) is 0 Å². The lowest BCUT2D eigenvalue weighted by Crippen LogP contribution is -2.01. The van der Waals surface area contributed by atoms with Crippen molar-refractivity contribution in [1.29, 1.82) is 0 Å². The van der Waals surface area contributed by atoms with Crippen molar-refractivity contribution < 1.29 is 9.53 Å². The maximum atomic E-state index is 10.8. The second-order valence-electron chi connectivity index (χ2n) is 8.11. The topological polar surface area (TPSA) is 26.3 Å². The zero-order valence-electron chi connectivity index (χ0n) is 20.0. The molecule has 0 aromatic carbocycles. The van der Waals surface area contributed by atoms with Gasteiger partial charge in [-0.3, -0.25) is 0 Å². The lowest BCUT2D eigenvalue weighted by atomic mass is 10.0. The highest BCUT2D eigenvalue weighted by molar-refractivity contribution is 5.81. The molecule has 0 aliphatic rings. The molecule has 0 N–H and O–H groups in total. The molecule has 0 saturated carbocycles. The average molecular weight is 409 g/mol. The smallest absolute Gasteiger partial charge is 0.330 e. The van der Waals surface area contributed by atoms with E-state index in [9.17, 15) is 4.79 Å². The second-order valence-corrected chi connectivity index (χ2v) is 8.11. The van der Waals surface area contributed by atoms with Crippen molar-refractivity contribution >= 4 is 5.97 Å². The number of hydrogen-bond acceptors (Lipinski definition) is 2. The first-order chi connectivity index (χ1) is 14.2. The van der Waals surface area contributed by atoms with Gasteiger partial charge in [0, 0.05) is 6.08 Å². The van der Waals surface area contributed by atoms with Gasteiger partial charge in [0.15, 0.2) is 0 Å². The van der Waals surface area contributed by atoms with Crippen LogP contribution in [0, 0.1) is 0 Å². The zero-order valence-corrected chi connectivity index (χ0v) is 20.0. The van der Waals surface area contributed by atoms with E-state index < -0.39 is 0 Å². The molecule has 0 atom stereocenters. The Balaban J connectivity index is 0. The standard InChI is InChI=1S/C21H40O2.C6H12/c1-3-5-6-7-8-9-10-11-12-13-14-15-16-17-18-19-20-23-21(22)4-2;1-3-5-6-4-2/h4H,2-3,5-20H2,1H3;3H,1,4-6H2,2H3. The molecule has 0 aromatic heterocycles. The van der Waals surface area contributed by atoms with Gasteiger partial charge in [-0.1, -0.05) is 136 Å². The van der Waals surface area contributed by atoms with E-state index >= 15 is 0 Å². The molecule has 0 rings (SSSR count). The fraction of sp³-hybridized carbons (Fsp3) is 0.815. The second kappa shape index (κ2) is 29.2. The van der Waals surface area contributed by atoms with Crippen LogP contribution in [0.4, 0.5) is 0 Å². The minimum absolute atomic E-state index is 0.300. The Labute approximate surface area is 183 Å². The third kappa shape index (κ3) is 31.9. The van der Waals surface area contributed by atoms with Crippen molar-refractivity contribution in [2.75, 3.05) is 6.61 Å². The van der Waals surface area contributed by atoms with Crippen LogP contribution in [0.1, 0.15) is 136 Å². The van der Waals surface area contributed by atoms with Crippen molar-refractivity contribution in [3.8, 4) is 0 Å². The Morgan fingerprint density at radius 3 is 1.31 bits per heavy atom. The number of carbonyl (C=O) groups excluding carboxylic acids is 1. The molecule has 0 fully saturated rings. The molecule has 0 aliphatic heterocycles. The number of ether oxygens (including phenoxy) is 1. The molecule has 2 nitrogen and oxygen atoms in total. The summed E-state index contributed by atoms with van der Waals surface area (Å²) in [5.74, 6) is -0.300. The summed E-state index contributed by atoms with van der Waals surface area (Å²) in [5, 5.41) is 0. The van der Waals surface area contributed by atoms with Gasteiger partial charge in [-0.15, -0.1) is 6.58 Å². The van der Waals surface area contributed by atoms with Gasteiger partial charge in [-0.05, 0) is 12.8 Å². The van der Waals surface area contributed by atoms with Crippen molar-refractivity contribution in [2.45, 2.75) is 136 Å². The fourth-order valence-electron chi connectivity index (χ4n) is 3.23. The van der Waals surface area contributed by atoms with E-state index in [0.29, 0.717) is 6.61 Å². The molecule has 0 aliphatic carbocycles. The molecular weight excluding hydrogens is 356 g/mol.